The first-order chi connectivity index (χ1) is 16.3. The smallest absolute Gasteiger partial charge is 0.348 e. The van der Waals surface area contributed by atoms with Gasteiger partial charge < -0.3 is 14.8 Å². The first-order valence-electron chi connectivity index (χ1n) is 10.8. The fourth-order valence-electron chi connectivity index (χ4n) is 4.03. The van der Waals surface area contributed by atoms with Crippen LogP contribution in [0.1, 0.15) is 44.6 Å². The lowest BCUT2D eigenvalue weighted by Crippen LogP contribution is -2.27. The van der Waals surface area contributed by atoms with Crippen molar-refractivity contribution in [2.75, 3.05) is 25.6 Å². The Morgan fingerprint density at radius 2 is 2.15 bits per heavy atom. The minimum atomic E-state index is -0.541. The van der Waals surface area contributed by atoms with E-state index in [-0.39, 0.29) is 25.1 Å². The number of anilines is 1. The highest BCUT2D eigenvalue weighted by molar-refractivity contribution is 7.20. The zero-order valence-electron chi connectivity index (χ0n) is 19.1. The van der Waals surface area contributed by atoms with E-state index in [1.54, 1.807) is 6.92 Å². The summed E-state index contributed by atoms with van der Waals surface area (Å²) in [6.45, 7) is 3.97. The number of carbonyl (C=O) groups is 2. The second kappa shape index (κ2) is 10.0. The van der Waals surface area contributed by atoms with E-state index < -0.39 is 17.4 Å². The topological polar surface area (TPSA) is 123 Å². The van der Waals surface area contributed by atoms with Gasteiger partial charge in [-0.1, -0.05) is 6.92 Å². The summed E-state index contributed by atoms with van der Waals surface area (Å²) in [6.07, 6.45) is 4.05. The Balaban J connectivity index is 1.55. The largest absolute Gasteiger partial charge is 0.459 e. The number of hydrogen-bond donors (Lipinski definition) is 1. The summed E-state index contributed by atoms with van der Waals surface area (Å²) in [5, 5.41) is 13.3. The van der Waals surface area contributed by atoms with E-state index in [1.807, 2.05) is 0 Å². The van der Waals surface area contributed by atoms with Crippen LogP contribution in [0.5, 0.6) is 0 Å². The Labute approximate surface area is 203 Å². The molecule has 9 nitrogen and oxygen atoms in total. The van der Waals surface area contributed by atoms with Crippen molar-refractivity contribution in [3.63, 3.8) is 0 Å². The van der Waals surface area contributed by atoms with Crippen LogP contribution in [0.3, 0.4) is 0 Å². The molecular weight excluding hydrogens is 476 g/mol. The molecule has 11 heteroatoms. The van der Waals surface area contributed by atoms with Gasteiger partial charge in [0, 0.05) is 12.0 Å². The first-order valence-corrected chi connectivity index (χ1v) is 12.5. The highest BCUT2D eigenvalue weighted by Crippen LogP contribution is 2.39. The van der Waals surface area contributed by atoms with E-state index in [2.05, 4.69) is 23.3 Å². The van der Waals surface area contributed by atoms with Gasteiger partial charge in [0.25, 0.3) is 5.56 Å². The molecule has 0 saturated carbocycles. The quantitative estimate of drug-likeness (QED) is 0.390. The summed E-state index contributed by atoms with van der Waals surface area (Å²) < 4.78 is 11.3. The summed E-state index contributed by atoms with van der Waals surface area (Å²) in [7, 11) is 1.51. The summed E-state index contributed by atoms with van der Waals surface area (Å²) in [5.41, 5.74) is 1.61. The minimum absolute atomic E-state index is 0.108. The molecule has 0 aliphatic heterocycles. The molecule has 0 bridgehead atoms. The predicted octanol–water partition coefficient (Wildman–Crippen LogP) is 3.27. The van der Waals surface area contributed by atoms with E-state index in [0.29, 0.717) is 31.8 Å². The number of thiophene rings is 2. The lowest BCUT2D eigenvalue weighted by molar-refractivity contribution is -0.116. The van der Waals surface area contributed by atoms with Crippen LogP contribution in [0.25, 0.3) is 10.2 Å². The van der Waals surface area contributed by atoms with Crippen molar-refractivity contribution in [2.45, 2.75) is 39.7 Å². The van der Waals surface area contributed by atoms with E-state index >= 15 is 0 Å². The Morgan fingerprint density at radius 3 is 2.88 bits per heavy atom. The Hall–Kier alpha value is -3.07. The summed E-state index contributed by atoms with van der Waals surface area (Å²) in [6, 6.07) is 2.23. The van der Waals surface area contributed by atoms with Crippen molar-refractivity contribution < 1.29 is 19.1 Å². The van der Waals surface area contributed by atoms with Crippen LogP contribution >= 0.6 is 22.7 Å². The van der Waals surface area contributed by atoms with E-state index in [1.165, 1.54) is 29.3 Å². The Morgan fingerprint density at radius 1 is 1.35 bits per heavy atom. The Bertz CT molecular complexity index is 1360. The SMILES string of the molecule is COCCOC(=O)c1sc2ncn(CC(=O)Nc3sc4c(c3C#N)CCC(C)C4)c(=O)c2c1C. The maximum Gasteiger partial charge on any atom is 0.348 e. The fourth-order valence-corrected chi connectivity index (χ4v) is 6.44. The molecule has 1 amide bonds. The van der Waals surface area contributed by atoms with Gasteiger partial charge in [-0.15, -0.1) is 22.7 Å². The molecule has 1 N–H and O–H groups in total. The number of methoxy groups -OCH3 is 1. The summed E-state index contributed by atoms with van der Waals surface area (Å²) in [4.78, 5) is 44.3. The van der Waals surface area contributed by atoms with Crippen molar-refractivity contribution in [2.24, 2.45) is 5.92 Å². The zero-order valence-corrected chi connectivity index (χ0v) is 20.7. The minimum Gasteiger partial charge on any atom is -0.459 e. The molecule has 0 radical (unpaired) electrons. The number of nitrogens with zero attached hydrogens (tertiary/aromatic N) is 3. The van der Waals surface area contributed by atoms with Crippen LogP contribution in [0, 0.1) is 24.2 Å². The monoisotopic (exact) mass is 500 g/mol. The highest BCUT2D eigenvalue weighted by Gasteiger charge is 2.25. The molecule has 0 saturated heterocycles. The van der Waals surface area contributed by atoms with Crippen molar-refractivity contribution in [1.82, 2.24) is 9.55 Å². The van der Waals surface area contributed by atoms with E-state index in [0.717, 1.165) is 41.0 Å². The van der Waals surface area contributed by atoms with Crippen LogP contribution in [0.4, 0.5) is 5.00 Å². The second-order valence-corrected chi connectivity index (χ2v) is 10.4. The molecule has 3 heterocycles. The molecule has 0 spiro atoms. The van der Waals surface area contributed by atoms with Gasteiger partial charge in [0.2, 0.25) is 5.91 Å². The third kappa shape index (κ3) is 4.61. The molecule has 1 aliphatic rings. The number of ether oxygens (including phenoxy) is 2. The molecule has 1 aliphatic carbocycles. The number of amides is 1. The van der Waals surface area contributed by atoms with Gasteiger partial charge in [0.05, 0.1) is 23.9 Å². The number of aromatic nitrogens is 2. The number of rotatable bonds is 7. The number of fused-ring (bicyclic) bond motifs is 2. The van der Waals surface area contributed by atoms with Crippen molar-refractivity contribution in [1.29, 1.82) is 5.26 Å². The number of nitriles is 1. The molecule has 178 valence electrons. The van der Waals surface area contributed by atoms with E-state index in [9.17, 15) is 19.6 Å². The lowest BCUT2D eigenvalue weighted by atomic mass is 9.89. The van der Waals surface area contributed by atoms with Gasteiger partial charge in [0.1, 0.15) is 33.9 Å². The molecular formula is C23H24N4O5S2. The van der Waals surface area contributed by atoms with Crippen LogP contribution in [-0.4, -0.2) is 41.8 Å². The number of carbonyl (C=O) groups excluding carboxylic acids is 2. The van der Waals surface area contributed by atoms with Crippen LogP contribution in [0.15, 0.2) is 11.1 Å². The number of hydrogen-bond acceptors (Lipinski definition) is 9. The molecule has 1 atom stereocenters. The predicted molar refractivity (Wildman–Crippen MR) is 130 cm³/mol. The molecule has 34 heavy (non-hydrogen) atoms. The van der Waals surface area contributed by atoms with E-state index in [4.69, 9.17) is 9.47 Å². The number of aryl methyl sites for hydroxylation is 1. The van der Waals surface area contributed by atoms with Gasteiger partial charge in [-0.2, -0.15) is 5.26 Å². The maximum absolute atomic E-state index is 13.1. The number of esters is 1. The average molecular weight is 501 g/mol. The van der Waals surface area contributed by atoms with Gasteiger partial charge in [-0.25, -0.2) is 9.78 Å². The third-order valence-corrected chi connectivity index (χ3v) is 8.16. The Kier molecular flexibility index (Phi) is 7.11. The van der Waals surface area contributed by atoms with Crippen molar-refractivity contribution >= 4 is 49.8 Å². The number of nitrogens with one attached hydrogen (secondary N) is 1. The van der Waals surface area contributed by atoms with Crippen LogP contribution in [-0.2, 0) is 33.7 Å². The lowest BCUT2D eigenvalue weighted by Gasteiger charge is -2.17. The molecule has 4 rings (SSSR count). The van der Waals surface area contributed by atoms with Crippen LogP contribution < -0.4 is 10.9 Å². The highest BCUT2D eigenvalue weighted by atomic mass is 32.1. The second-order valence-electron chi connectivity index (χ2n) is 8.26. The molecule has 0 aromatic carbocycles. The molecule has 3 aromatic rings. The standard InChI is InChI=1S/C23H24N4O5S2/c1-12-4-5-14-15(9-24)20(33-16(14)8-12)26-17(28)10-27-11-25-21-18(22(27)29)13(2)19(34-21)23(30)32-7-6-31-3/h11-12H,4-8,10H2,1-3H3,(H,26,28). The van der Waals surface area contributed by atoms with Gasteiger partial charge in [-0.05, 0) is 43.2 Å². The van der Waals surface area contributed by atoms with Gasteiger partial charge >= 0.3 is 5.97 Å². The summed E-state index contributed by atoms with van der Waals surface area (Å²) >= 11 is 2.52. The maximum atomic E-state index is 13.1. The van der Waals surface area contributed by atoms with Crippen LogP contribution in [0.2, 0.25) is 0 Å². The first kappa shape index (κ1) is 24.1. The normalized spacial score (nSPS) is 15.1. The zero-order chi connectivity index (χ0) is 24.4. The fraction of sp³-hybridized carbons (Fsp3) is 0.435. The average Bonchev–Trinajstić information content (AvgIpc) is 3.32. The molecule has 3 aromatic heterocycles. The van der Waals surface area contributed by atoms with Gasteiger partial charge in [0.15, 0.2) is 0 Å². The van der Waals surface area contributed by atoms with Gasteiger partial charge in [-0.3, -0.25) is 14.2 Å². The molecule has 0 fully saturated rings. The molecule has 1 unspecified atom stereocenters. The third-order valence-electron chi connectivity index (χ3n) is 5.81. The van der Waals surface area contributed by atoms with Crippen molar-refractivity contribution in [3.05, 3.63) is 43.1 Å². The van der Waals surface area contributed by atoms with Crippen molar-refractivity contribution in [3.8, 4) is 6.07 Å². The summed E-state index contributed by atoms with van der Waals surface area (Å²) in [5.74, 6) is -0.409.